The quantitative estimate of drug-likeness (QED) is 0.770. The van der Waals surface area contributed by atoms with Crippen LogP contribution in [-0.4, -0.2) is 32.7 Å². The van der Waals surface area contributed by atoms with Gasteiger partial charge in [0.1, 0.15) is 12.1 Å². The van der Waals surface area contributed by atoms with Crippen molar-refractivity contribution in [2.75, 3.05) is 6.54 Å². The van der Waals surface area contributed by atoms with Crippen molar-refractivity contribution in [1.29, 1.82) is 0 Å². The molecule has 7 heteroatoms. The average Bonchev–Trinajstić information content (AvgIpc) is 3.39. The summed E-state index contributed by atoms with van der Waals surface area (Å²) >= 11 is 11.9. The minimum absolute atomic E-state index is 0.331. The van der Waals surface area contributed by atoms with Crippen LogP contribution in [0.2, 0.25) is 10.0 Å². The lowest BCUT2D eigenvalue weighted by atomic mass is 9.97. The summed E-state index contributed by atoms with van der Waals surface area (Å²) in [7, 11) is 0. The molecule has 25 heavy (non-hydrogen) atoms. The number of hydrogen-bond acceptors (Lipinski definition) is 3. The molecule has 1 fully saturated rings. The molecule has 5 nitrogen and oxygen atoms in total. The molecule has 1 amide bonds. The summed E-state index contributed by atoms with van der Waals surface area (Å²) in [6.07, 6.45) is 1.26. The van der Waals surface area contributed by atoms with E-state index in [9.17, 15) is 15.0 Å². The third-order valence-corrected chi connectivity index (χ3v) is 4.73. The van der Waals surface area contributed by atoms with Gasteiger partial charge in [-0.05, 0) is 48.6 Å². The van der Waals surface area contributed by atoms with Crippen molar-refractivity contribution in [1.82, 2.24) is 9.88 Å². The number of carbonyl (C=O) groups is 1. The average molecular weight is 381 g/mol. The highest BCUT2D eigenvalue weighted by Crippen LogP contribution is 2.38. The highest BCUT2D eigenvalue weighted by molar-refractivity contribution is 6.30. The third-order valence-electron chi connectivity index (χ3n) is 4.28. The van der Waals surface area contributed by atoms with Gasteiger partial charge in [-0.2, -0.15) is 0 Å². The summed E-state index contributed by atoms with van der Waals surface area (Å²) < 4.78 is 0. The van der Waals surface area contributed by atoms with Crippen LogP contribution in [-0.2, 0) is 0 Å². The molecule has 2 unspecified atom stereocenters. The molecule has 1 aliphatic carbocycles. The van der Waals surface area contributed by atoms with Crippen molar-refractivity contribution < 1.29 is 15.0 Å². The highest BCUT2D eigenvalue weighted by atomic mass is 35.5. The van der Waals surface area contributed by atoms with Gasteiger partial charge in [-0.3, -0.25) is 9.88 Å². The van der Waals surface area contributed by atoms with Crippen LogP contribution >= 0.6 is 23.2 Å². The number of nitrogens with zero attached hydrogens (tertiary/aromatic N) is 2. The zero-order chi connectivity index (χ0) is 18.0. The molecule has 1 aromatic carbocycles. The van der Waals surface area contributed by atoms with Crippen molar-refractivity contribution in [3.05, 3.63) is 63.9 Å². The lowest BCUT2D eigenvalue weighted by Crippen LogP contribution is -2.39. The SMILES string of the molecule is O=C(O)N(CC1CC1)C(c1ccc(Cl)cn1)C(O)c1cccc(Cl)c1. The zero-order valence-electron chi connectivity index (χ0n) is 13.3. The minimum Gasteiger partial charge on any atom is -0.465 e. The number of rotatable bonds is 6. The molecule has 2 atom stereocenters. The summed E-state index contributed by atoms with van der Waals surface area (Å²) in [4.78, 5) is 17.4. The van der Waals surface area contributed by atoms with Gasteiger partial charge < -0.3 is 10.2 Å². The predicted octanol–water partition coefficient (Wildman–Crippen LogP) is 4.55. The molecule has 132 valence electrons. The lowest BCUT2D eigenvalue weighted by Gasteiger charge is -2.33. The van der Waals surface area contributed by atoms with Crippen LogP contribution in [0.5, 0.6) is 0 Å². The molecule has 1 heterocycles. The van der Waals surface area contributed by atoms with E-state index in [0.29, 0.717) is 33.8 Å². The minimum atomic E-state index is -1.10. The van der Waals surface area contributed by atoms with Crippen LogP contribution < -0.4 is 0 Å². The number of carboxylic acid groups (broad SMARTS) is 1. The molecule has 0 spiro atoms. The van der Waals surface area contributed by atoms with Crippen molar-refractivity contribution in [2.45, 2.75) is 25.0 Å². The van der Waals surface area contributed by atoms with E-state index in [2.05, 4.69) is 4.98 Å². The molecule has 1 saturated carbocycles. The van der Waals surface area contributed by atoms with Crippen molar-refractivity contribution in [3.63, 3.8) is 0 Å². The van der Waals surface area contributed by atoms with E-state index in [1.165, 1.54) is 11.1 Å². The summed E-state index contributed by atoms with van der Waals surface area (Å²) in [6.45, 7) is 0.363. The Morgan fingerprint density at radius 3 is 2.56 bits per heavy atom. The molecule has 0 radical (unpaired) electrons. The maximum atomic E-state index is 11.9. The Hall–Kier alpha value is -1.82. The first-order valence-electron chi connectivity index (χ1n) is 8.00. The smallest absolute Gasteiger partial charge is 0.407 e. The molecule has 1 aromatic heterocycles. The fourth-order valence-corrected chi connectivity index (χ4v) is 3.13. The predicted molar refractivity (Wildman–Crippen MR) is 95.9 cm³/mol. The monoisotopic (exact) mass is 380 g/mol. The largest absolute Gasteiger partial charge is 0.465 e. The van der Waals surface area contributed by atoms with Crippen molar-refractivity contribution in [3.8, 4) is 0 Å². The van der Waals surface area contributed by atoms with E-state index in [-0.39, 0.29) is 0 Å². The summed E-state index contributed by atoms with van der Waals surface area (Å²) in [5, 5.41) is 21.6. The Bertz CT molecular complexity index is 750. The van der Waals surface area contributed by atoms with E-state index < -0.39 is 18.2 Å². The van der Waals surface area contributed by atoms with Gasteiger partial charge in [0.25, 0.3) is 0 Å². The number of halogens is 2. The molecule has 3 rings (SSSR count). The number of aliphatic hydroxyl groups excluding tert-OH is 1. The van der Waals surface area contributed by atoms with E-state index >= 15 is 0 Å². The fourth-order valence-electron chi connectivity index (χ4n) is 2.82. The van der Waals surface area contributed by atoms with Gasteiger partial charge in [0, 0.05) is 17.8 Å². The molecule has 1 aliphatic rings. The molecular weight excluding hydrogens is 363 g/mol. The van der Waals surface area contributed by atoms with Crippen LogP contribution in [0.3, 0.4) is 0 Å². The standard InChI is InChI=1S/C18H18Cl2N2O3/c19-13-3-1-2-12(8-13)17(23)16(15-7-6-14(20)9-21-15)22(18(24)25)10-11-4-5-11/h1-3,6-9,11,16-17,23H,4-5,10H2,(H,24,25). The maximum absolute atomic E-state index is 11.9. The first-order valence-corrected chi connectivity index (χ1v) is 8.76. The summed E-state index contributed by atoms with van der Waals surface area (Å²) in [6, 6.07) is 9.21. The fraction of sp³-hybridized carbons (Fsp3) is 0.333. The summed E-state index contributed by atoms with van der Waals surface area (Å²) in [5.41, 5.74) is 0.983. The number of hydrogen-bond donors (Lipinski definition) is 2. The van der Waals surface area contributed by atoms with Crippen LogP contribution in [0.15, 0.2) is 42.6 Å². The van der Waals surface area contributed by atoms with Crippen molar-refractivity contribution in [2.24, 2.45) is 5.92 Å². The van der Waals surface area contributed by atoms with E-state index in [1.807, 2.05) is 0 Å². The Labute approximate surface area is 155 Å². The number of pyridine rings is 1. The molecular formula is C18H18Cl2N2O3. The Morgan fingerprint density at radius 1 is 1.24 bits per heavy atom. The maximum Gasteiger partial charge on any atom is 0.407 e. The summed E-state index contributed by atoms with van der Waals surface area (Å²) in [5.74, 6) is 0.331. The van der Waals surface area contributed by atoms with Gasteiger partial charge in [-0.25, -0.2) is 4.79 Å². The zero-order valence-corrected chi connectivity index (χ0v) is 14.9. The van der Waals surface area contributed by atoms with Gasteiger partial charge in [0.15, 0.2) is 0 Å². The topological polar surface area (TPSA) is 73.7 Å². The Kier molecular flexibility index (Phi) is 5.47. The van der Waals surface area contributed by atoms with Gasteiger partial charge in [-0.15, -0.1) is 0 Å². The second kappa shape index (κ2) is 7.60. The van der Waals surface area contributed by atoms with Crippen molar-refractivity contribution >= 4 is 29.3 Å². The van der Waals surface area contributed by atoms with Gasteiger partial charge in [-0.1, -0.05) is 35.3 Å². The van der Waals surface area contributed by atoms with Crippen LogP contribution in [0.25, 0.3) is 0 Å². The van der Waals surface area contributed by atoms with Gasteiger partial charge >= 0.3 is 6.09 Å². The molecule has 2 aromatic rings. The number of aliphatic hydroxyl groups is 1. The normalized spacial score (nSPS) is 16.3. The van der Waals surface area contributed by atoms with Crippen LogP contribution in [0.1, 0.15) is 36.2 Å². The Balaban J connectivity index is 2.00. The highest BCUT2D eigenvalue weighted by Gasteiger charge is 2.37. The first-order chi connectivity index (χ1) is 12.0. The lowest BCUT2D eigenvalue weighted by molar-refractivity contribution is 0.0423. The number of benzene rings is 1. The van der Waals surface area contributed by atoms with Gasteiger partial charge in [0.05, 0.1) is 10.7 Å². The number of aromatic nitrogens is 1. The first kappa shape index (κ1) is 18.0. The third kappa shape index (κ3) is 4.42. The number of amides is 1. The van der Waals surface area contributed by atoms with E-state index in [4.69, 9.17) is 23.2 Å². The van der Waals surface area contributed by atoms with E-state index in [0.717, 1.165) is 12.8 Å². The van der Waals surface area contributed by atoms with Crippen LogP contribution in [0.4, 0.5) is 4.79 Å². The van der Waals surface area contributed by atoms with Gasteiger partial charge in [0.2, 0.25) is 0 Å². The second-order valence-electron chi connectivity index (χ2n) is 6.22. The molecule has 2 N–H and O–H groups in total. The second-order valence-corrected chi connectivity index (χ2v) is 7.10. The van der Waals surface area contributed by atoms with E-state index in [1.54, 1.807) is 36.4 Å². The van der Waals surface area contributed by atoms with Crippen LogP contribution in [0, 0.1) is 5.92 Å². The molecule has 0 saturated heterocycles. The molecule has 0 bridgehead atoms. The molecule has 0 aliphatic heterocycles. The Morgan fingerprint density at radius 2 is 2.00 bits per heavy atom.